The highest BCUT2D eigenvalue weighted by atomic mass is 35.5. The summed E-state index contributed by atoms with van der Waals surface area (Å²) in [6.45, 7) is 2.27. The zero-order valence-corrected chi connectivity index (χ0v) is 22.2. The molecule has 2 aromatic carbocycles. The summed E-state index contributed by atoms with van der Waals surface area (Å²) in [5.41, 5.74) is 6.16. The smallest absolute Gasteiger partial charge is 0.452 e. The van der Waals surface area contributed by atoms with Gasteiger partial charge in [0, 0.05) is 11.4 Å². The third-order valence-electron chi connectivity index (χ3n) is 5.69. The van der Waals surface area contributed by atoms with Crippen LogP contribution in [0.3, 0.4) is 0 Å². The summed E-state index contributed by atoms with van der Waals surface area (Å²) in [4.78, 5) is 50.7. The molecule has 3 amide bonds. The van der Waals surface area contributed by atoms with E-state index in [0.717, 1.165) is 0 Å². The zero-order valence-electron chi connectivity index (χ0n) is 21.5. The van der Waals surface area contributed by atoms with Crippen LogP contribution in [-0.4, -0.2) is 55.4 Å². The van der Waals surface area contributed by atoms with Crippen molar-refractivity contribution in [1.82, 2.24) is 16.0 Å². The number of amides is 3. The van der Waals surface area contributed by atoms with Gasteiger partial charge in [-0.25, -0.2) is 0 Å². The molecule has 0 unspecified atom stereocenters. The lowest BCUT2D eigenvalue weighted by Gasteiger charge is -2.27. The second-order valence-corrected chi connectivity index (χ2v) is 9.40. The van der Waals surface area contributed by atoms with Gasteiger partial charge >= 0.3 is 6.18 Å². The molecule has 0 radical (unpaired) electrons. The second-order valence-electron chi connectivity index (χ2n) is 8.97. The Bertz CT molecular complexity index is 1170. The molecule has 0 heterocycles. The van der Waals surface area contributed by atoms with Gasteiger partial charge in [-0.2, -0.15) is 13.2 Å². The Kier molecular flexibility index (Phi) is 11.3. The molecule has 0 aliphatic carbocycles. The molecule has 0 bridgehead atoms. The molecule has 2 aromatic rings. The van der Waals surface area contributed by atoms with Crippen LogP contribution in [0.25, 0.3) is 0 Å². The number of ether oxygens (including phenoxy) is 1. The first-order valence-electron chi connectivity index (χ1n) is 11.9. The van der Waals surface area contributed by atoms with Gasteiger partial charge in [0.2, 0.25) is 17.7 Å². The van der Waals surface area contributed by atoms with Crippen LogP contribution in [-0.2, 0) is 25.6 Å². The Morgan fingerprint density at radius 1 is 0.974 bits per heavy atom. The van der Waals surface area contributed by atoms with E-state index in [4.69, 9.17) is 22.1 Å². The minimum atomic E-state index is -5.18. The Morgan fingerprint density at radius 2 is 1.62 bits per heavy atom. The number of hydrogen-bond acceptors (Lipinski definition) is 6. The first kappa shape index (κ1) is 31.6. The maximum atomic E-state index is 13.4. The van der Waals surface area contributed by atoms with Crippen LogP contribution in [0.5, 0.6) is 5.75 Å². The van der Waals surface area contributed by atoms with Crippen molar-refractivity contribution in [2.24, 2.45) is 11.7 Å². The summed E-state index contributed by atoms with van der Waals surface area (Å²) in [6.07, 6.45) is -5.22. The van der Waals surface area contributed by atoms with E-state index in [1.807, 2.05) is 0 Å². The van der Waals surface area contributed by atoms with Gasteiger partial charge in [-0.1, -0.05) is 49.7 Å². The van der Waals surface area contributed by atoms with Crippen LogP contribution in [0.1, 0.15) is 31.0 Å². The Labute approximate surface area is 228 Å². The predicted molar refractivity (Wildman–Crippen MR) is 138 cm³/mol. The molecule has 5 N–H and O–H groups in total. The molecule has 0 aromatic heterocycles. The van der Waals surface area contributed by atoms with Crippen molar-refractivity contribution >= 4 is 35.1 Å². The average molecular weight is 571 g/mol. The van der Waals surface area contributed by atoms with E-state index in [2.05, 4.69) is 16.0 Å². The molecule has 0 spiro atoms. The molecular formula is C26H30ClF3N4O5. The number of rotatable bonds is 12. The van der Waals surface area contributed by atoms with Gasteiger partial charge in [0.05, 0.1) is 19.7 Å². The standard InChI is InChI=1S/C26H30ClF3N4O5/c1-14(2)21(23(36)26(28,29)30)33-25(38)22(16-7-9-18(39-3)10-8-16)34-24(37)19(32-20(35)13-31)12-15-5-4-6-17(27)11-15/h4-11,14,19,21-22H,12-13,31H2,1-3H3,(H,32,35)(H,33,38)(H,34,37)/t19-,21-,22-/m0/s1. The van der Waals surface area contributed by atoms with E-state index in [1.165, 1.54) is 45.2 Å². The summed E-state index contributed by atoms with van der Waals surface area (Å²) in [5, 5.41) is 7.47. The van der Waals surface area contributed by atoms with E-state index < -0.39 is 60.3 Å². The minimum absolute atomic E-state index is 0.0315. The van der Waals surface area contributed by atoms with E-state index in [0.29, 0.717) is 16.3 Å². The van der Waals surface area contributed by atoms with Crippen LogP contribution in [0.2, 0.25) is 5.02 Å². The summed E-state index contributed by atoms with van der Waals surface area (Å²) < 4.78 is 44.6. The van der Waals surface area contributed by atoms with Gasteiger partial charge in [0.1, 0.15) is 17.8 Å². The van der Waals surface area contributed by atoms with Gasteiger partial charge in [-0.15, -0.1) is 0 Å². The molecular weight excluding hydrogens is 541 g/mol. The highest BCUT2D eigenvalue weighted by Crippen LogP contribution is 2.23. The van der Waals surface area contributed by atoms with Gasteiger partial charge < -0.3 is 26.4 Å². The first-order valence-corrected chi connectivity index (χ1v) is 12.2. The second kappa shape index (κ2) is 13.9. The van der Waals surface area contributed by atoms with Crippen molar-refractivity contribution in [2.45, 2.75) is 44.6 Å². The molecule has 0 saturated heterocycles. The number of carbonyl (C=O) groups is 4. The van der Waals surface area contributed by atoms with Crippen LogP contribution in [0.15, 0.2) is 48.5 Å². The van der Waals surface area contributed by atoms with Crippen molar-refractivity contribution in [3.05, 3.63) is 64.7 Å². The van der Waals surface area contributed by atoms with E-state index >= 15 is 0 Å². The van der Waals surface area contributed by atoms with E-state index in [-0.39, 0.29) is 12.0 Å². The quantitative estimate of drug-likeness (QED) is 0.309. The largest absolute Gasteiger partial charge is 0.497 e. The van der Waals surface area contributed by atoms with Gasteiger partial charge in [0.15, 0.2) is 0 Å². The molecule has 13 heteroatoms. The maximum Gasteiger partial charge on any atom is 0.452 e. The van der Waals surface area contributed by atoms with Gasteiger partial charge in [-0.05, 0) is 41.3 Å². The van der Waals surface area contributed by atoms with Crippen molar-refractivity contribution in [3.8, 4) is 5.75 Å². The monoisotopic (exact) mass is 570 g/mol. The lowest BCUT2D eigenvalue weighted by Crippen LogP contribution is -2.55. The summed E-state index contributed by atoms with van der Waals surface area (Å²) >= 11 is 6.02. The highest BCUT2D eigenvalue weighted by Gasteiger charge is 2.45. The van der Waals surface area contributed by atoms with Gasteiger partial charge in [0.25, 0.3) is 5.78 Å². The number of Topliss-reactive ketones (excluding diaryl/α,β-unsaturated/α-hetero) is 1. The number of halogens is 4. The fourth-order valence-corrected chi connectivity index (χ4v) is 3.86. The molecule has 9 nitrogen and oxygen atoms in total. The first-order chi connectivity index (χ1) is 18.3. The van der Waals surface area contributed by atoms with Crippen molar-refractivity contribution in [1.29, 1.82) is 0 Å². The van der Waals surface area contributed by atoms with Gasteiger partial charge in [-0.3, -0.25) is 19.2 Å². The number of nitrogens with one attached hydrogen (secondary N) is 3. The molecule has 39 heavy (non-hydrogen) atoms. The summed E-state index contributed by atoms with van der Waals surface area (Å²) in [5.74, 6) is -5.15. The normalized spacial score (nSPS) is 13.7. The third-order valence-corrected chi connectivity index (χ3v) is 5.93. The Hall–Kier alpha value is -3.64. The number of benzene rings is 2. The number of nitrogens with two attached hydrogens (primary N) is 1. The molecule has 0 saturated carbocycles. The zero-order chi connectivity index (χ0) is 29.3. The Morgan fingerprint density at radius 3 is 2.13 bits per heavy atom. The van der Waals surface area contributed by atoms with Crippen LogP contribution < -0.4 is 26.4 Å². The fraction of sp³-hybridized carbons (Fsp3) is 0.385. The molecule has 2 rings (SSSR count). The number of ketones is 1. The van der Waals surface area contributed by atoms with Crippen LogP contribution >= 0.6 is 11.6 Å². The van der Waals surface area contributed by atoms with E-state index in [1.54, 1.807) is 24.3 Å². The lowest BCUT2D eigenvalue weighted by molar-refractivity contribution is -0.175. The van der Waals surface area contributed by atoms with Crippen molar-refractivity contribution in [3.63, 3.8) is 0 Å². The number of alkyl halides is 3. The van der Waals surface area contributed by atoms with E-state index in [9.17, 15) is 32.3 Å². The average Bonchev–Trinajstić information content (AvgIpc) is 2.88. The predicted octanol–water partition coefficient (Wildman–Crippen LogP) is 2.46. The van der Waals surface area contributed by atoms with Crippen LogP contribution in [0, 0.1) is 5.92 Å². The Balaban J connectivity index is 2.42. The summed E-state index contributed by atoms with van der Waals surface area (Å²) in [6, 6.07) is 7.73. The number of hydrogen-bond donors (Lipinski definition) is 4. The fourth-order valence-electron chi connectivity index (χ4n) is 3.65. The lowest BCUT2D eigenvalue weighted by atomic mass is 9.97. The van der Waals surface area contributed by atoms with Crippen LogP contribution in [0.4, 0.5) is 13.2 Å². The third kappa shape index (κ3) is 9.25. The highest BCUT2D eigenvalue weighted by molar-refractivity contribution is 6.30. The van der Waals surface area contributed by atoms with Crippen molar-refractivity contribution < 1.29 is 37.1 Å². The molecule has 0 fully saturated rings. The molecule has 3 atom stereocenters. The topological polar surface area (TPSA) is 140 Å². The number of carbonyl (C=O) groups excluding carboxylic acids is 4. The molecule has 0 aliphatic rings. The molecule has 212 valence electrons. The number of methoxy groups -OCH3 is 1. The van der Waals surface area contributed by atoms with Crippen molar-refractivity contribution in [2.75, 3.05) is 13.7 Å². The molecule has 0 aliphatic heterocycles. The summed E-state index contributed by atoms with van der Waals surface area (Å²) in [7, 11) is 1.41. The minimum Gasteiger partial charge on any atom is -0.497 e. The maximum absolute atomic E-state index is 13.4. The SMILES string of the molecule is COc1ccc([C@H](NC(=O)[C@H](Cc2cccc(Cl)c2)NC(=O)CN)C(=O)N[C@H](C(=O)C(F)(F)F)C(C)C)cc1.